The summed E-state index contributed by atoms with van der Waals surface area (Å²) in [7, 11) is 0. The Morgan fingerprint density at radius 3 is 2.35 bits per heavy atom. The van der Waals surface area contributed by atoms with E-state index >= 15 is 0 Å². The molecule has 1 fully saturated rings. The van der Waals surface area contributed by atoms with Crippen LogP contribution in [0.25, 0.3) is 0 Å². The Morgan fingerprint density at radius 2 is 1.73 bits per heavy atom. The van der Waals surface area contributed by atoms with Crippen LogP contribution in [-0.4, -0.2) is 45.8 Å². The summed E-state index contributed by atoms with van der Waals surface area (Å²) in [5, 5.41) is 11.9. The van der Waals surface area contributed by atoms with Gasteiger partial charge in [0.05, 0.1) is 17.0 Å². The fraction of sp³-hybridized carbons (Fsp3) is 0.474. The lowest BCUT2D eigenvalue weighted by molar-refractivity contribution is -0.142. The minimum Gasteiger partial charge on any atom is -0.481 e. The van der Waals surface area contributed by atoms with Gasteiger partial charge in [0.15, 0.2) is 0 Å². The molecule has 1 aromatic rings. The van der Waals surface area contributed by atoms with Crippen LogP contribution in [0.4, 0.5) is 0 Å². The van der Waals surface area contributed by atoms with Gasteiger partial charge in [0.1, 0.15) is 6.04 Å². The van der Waals surface area contributed by atoms with E-state index in [9.17, 15) is 19.2 Å². The van der Waals surface area contributed by atoms with Crippen molar-refractivity contribution in [2.75, 3.05) is 0 Å². The van der Waals surface area contributed by atoms with Crippen LogP contribution in [-0.2, 0) is 9.59 Å². The summed E-state index contributed by atoms with van der Waals surface area (Å²) < 4.78 is 0. The second kappa shape index (κ2) is 6.90. The molecule has 26 heavy (non-hydrogen) atoms. The number of aliphatic carboxylic acids is 1. The highest BCUT2D eigenvalue weighted by molar-refractivity contribution is 6.22. The van der Waals surface area contributed by atoms with Crippen LogP contribution in [0.2, 0.25) is 0 Å². The number of carboxylic acid groups (broad SMARTS) is 1. The molecule has 3 rings (SSSR count). The quantitative estimate of drug-likeness (QED) is 0.798. The number of rotatable bonds is 4. The lowest BCUT2D eigenvalue weighted by Crippen LogP contribution is -2.51. The van der Waals surface area contributed by atoms with Crippen LogP contribution in [0, 0.1) is 12.8 Å². The summed E-state index contributed by atoms with van der Waals surface area (Å²) in [6.07, 6.45) is 2.19. The summed E-state index contributed by atoms with van der Waals surface area (Å²) in [5.74, 6) is -2.47. The zero-order valence-electron chi connectivity index (χ0n) is 14.8. The number of carbonyl (C=O) groups is 4. The van der Waals surface area contributed by atoms with Crippen molar-refractivity contribution in [1.82, 2.24) is 10.2 Å². The number of amides is 3. The van der Waals surface area contributed by atoms with Crippen LogP contribution in [0.3, 0.4) is 0 Å². The normalized spacial score (nSPS) is 23.5. The first-order valence-electron chi connectivity index (χ1n) is 8.81. The molecule has 0 radical (unpaired) electrons. The largest absolute Gasteiger partial charge is 0.481 e. The van der Waals surface area contributed by atoms with E-state index < -0.39 is 29.7 Å². The van der Waals surface area contributed by atoms with Gasteiger partial charge < -0.3 is 10.4 Å². The predicted molar refractivity (Wildman–Crippen MR) is 92.7 cm³/mol. The molecule has 0 spiro atoms. The molecule has 138 valence electrons. The summed E-state index contributed by atoms with van der Waals surface area (Å²) in [5.41, 5.74) is 1.53. The number of benzene rings is 1. The maximum absolute atomic E-state index is 12.6. The number of aryl methyl sites for hydroxylation is 1. The van der Waals surface area contributed by atoms with Gasteiger partial charge in [0, 0.05) is 6.04 Å². The number of hydrogen-bond donors (Lipinski definition) is 2. The Bertz CT molecular complexity index is 780. The van der Waals surface area contributed by atoms with Crippen molar-refractivity contribution in [3.63, 3.8) is 0 Å². The minimum absolute atomic E-state index is 0.127. The highest BCUT2D eigenvalue weighted by atomic mass is 16.4. The van der Waals surface area contributed by atoms with Crippen molar-refractivity contribution in [2.45, 2.75) is 51.6 Å². The Morgan fingerprint density at radius 1 is 1.12 bits per heavy atom. The fourth-order valence-electron chi connectivity index (χ4n) is 3.65. The van der Waals surface area contributed by atoms with Crippen molar-refractivity contribution in [2.24, 2.45) is 5.92 Å². The van der Waals surface area contributed by atoms with Gasteiger partial charge in [-0.3, -0.25) is 24.1 Å². The Balaban J connectivity index is 1.65. The molecule has 1 heterocycles. The first kappa shape index (κ1) is 18.1. The van der Waals surface area contributed by atoms with E-state index in [1.54, 1.807) is 18.2 Å². The molecule has 1 aliphatic heterocycles. The van der Waals surface area contributed by atoms with Gasteiger partial charge in [-0.15, -0.1) is 0 Å². The predicted octanol–water partition coefficient (Wildman–Crippen LogP) is 1.74. The van der Waals surface area contributed by atoms with Crippen LogP contribution in [0.15, 0.2) is 18.2 Å². The third-order valence-corrected chi connectivity index (χ3v) is 5.26. The molecule has 0 saturated heterocycles. The average molecular weight is 358 g/mol. The highest BCUT2D eigenvalue weighted by Crippen LogP contribution is 2.27. The molecule has 7 nitrogen and oxygen atoms in total. The van der Waals surface area contributed by atoms with Crippen LogP contribution in [0.1, 0.15) is 58.9 Å². The molecule has 1 atom stereocenters. The zero-order chi connectivity index (χ0) is 19.0. The van der Waals surface area contributed by atoms with Crippen molar-refractivity contribution >= 4 is 23.7 Å². The molecule has 0 bridgehead atoms. The summed E-state index contributed by atoms with van der Waals surface area (Å²) in [4.78, 5) is 49.7. The van der Waals surface area contributed by atoms with Crippen molar-refractivity contribution in [1.29, 1.82) is 0 Å². The summed E-state index contributed by atoms with van der Waals surface area (Å²) in [6.45, 7) is 3.37. The highest BCUT2D eigenvalue weighted by Gasteiger charge is 2.41. The SMILES string of the molecule is Cc1ccc2c(c1)C(=O)N(C(C)C(=O)NC1CCC(C(=O)O)CC1)C2=O. The van der Waals surface area contributed by atoms with Crippen molar-refractivity contribution in [3.8, 4) is 0 Å². The molecule has 1 unspecified atom stereocenters. The molecule has 2 aliphatic rings. The van der Waals surface area contributed by atoms with E-state index in [0.717, 1.165) is 10.5 Å². The molecule has 1 saturated carbocycles. The first-order valence-corrected chi connectivity index (χ1v) is 8.81. The van der Waals surface area contributed by atoms with Gasteiger partial charge in [-0.05, 0) is 51.7 Å². The first-order chi connectivity index (χ1) is 12.3. The Hall–Kier alpha value is -2.70. The van der Waals surface area contributed by atoms with Gasteiger partial charge in [-0.1, -0.05) is 11.6 Å². The lowest BCUT2D eigenvalue weighted by Gasteiger charge is -2.29. The zero-order valence-corrected chi connectivity index (χ0v) is 14.8. The second-order valence-corrected chi connectivity index (χ2v) is 7.10. The van der Waals surface area contributed by atoms with E-state index in [1.807, 2.05) is 6.92 Å². The third kappa shape index (κ3) is 3.21. The standard InChI is InChI=1S/C19H22N2O5/c1-10-3-8-14-15(9-10)18(24)21(17(14)23)11(2)16(22)20-13-6-4-12(5-7-13)19(25)26/h3,8-9,11-13H,4-7H2,1-2H3,(H,20,22)(H,25,26). The van der Waals surface area contributed by atoms with E-state index in [-0.39, 0.29) is 12.0 Å². The molecule has 3 amide bonds. The number of hydrogen-bond acceptors (Lipinski definition) is 4. The third-order valence-electron chi connectivity index (χ3n) is 5.26. The number of carbonyl (C=O) groups excluding carboxylic acids is 3. The Kier molecular flexibility index (Phi) is 4.80. The molecule has 1 aliphatic carbocycles. The molecular formula is C19H22N2O5. The van der Waals surface area contributed by atoms with Gasteiger partial charge in [-0.2, -0.15) is 0 Å². The van der Waals surface area contributed by atoms with Crippen LogP contribution < -0.4 is 5.32 Å². The second-order valence-electron chi connectivity index (χ2n) is 7.10. The van der Waals surface area contributed by atoms with E-state index in [4.69, 9.17) is 5.11 Å². The monoisotopic (exact) mass is 358 g/mol. The topological polar surface area (TPSA) is 104 Å². The van der Waals surface area contributed by atoms with E-state index in [2.05, 4.69) is 5.32 Å². The van der Waals surface area contributed by atoms with Crippen molar-refractivity contribution < 1.29 is 24.3 Å². The molecule has 0 aromatic heterocycles. The number of nitrogens with one attached hydrogen (secondary N) is 1. The molecule has 2 N–H and O–H groups in total. The lowest BCUT2D eigenvalue weighted by atomic mass is 9.86. The smallest absolute Gasteiger partial charge is 0.306 e. The van der Waals surface area contributed by atoms with Gasteiger partial charge >= 0.3 is 5.97 Å². The van der Waals surface area contributed by atoms with E-state index in [0.29, 0.717) is 36.8 Å². The summed E-state index contributed by atoms with van der Waals surface area (Å²) >= 11 is 0. The van der Waals surface area contributed by atoms with Gasteiger partial charge in [0.25, 0.3) is 11.8 Å². The number of fused-ring (bicyclic) bond motifs is 1. The minimum atomic E-state index is -0.917. The Labute approximate surface area is 151 Å². The maximum Gasteiger partial charge on any atom is 0.306 e. The molecule has 7 heteroatoms. The summed E-state index contributed by atoms with van der Waals surface area (Å²) in [6, 6.07) is 3.99. The molecular weight excluding hydrogens is 336 g/mol. The number of imide groups is 1. The van der Waals surface area contributed by atoms with Gasteiger partial charge in [0.2, 0.25) is 5.91 Å². The van der Waals surface area contributed by atoms with Crippen LogP contribution >= 0.6 is 0 Å². The van der Waals surface area contributed by atoms with Gasteiger partial charge in [-0.25, -0.2) is 0 Å². The maximum atomic E-state index is 12.6. The van der Waals surface area contributed by atoms with E-state index in [1.165, 1.54) is 6.92 Å². The average Bonchev–Trinajstić information content (AvgIpc) is 2.85. The number of carboxylic acids is 1. The number of nitrogens with zero attached hydrogens (tertiary/aromatic N) is 1. The van der Waals surface area contributed by atoms with Crippen LogP contribution in [0.5, 0.6) is 0 Å². The molecule has 1 aromatic carbocycles. The fourth-order valence-corrected chi connectivity index (χ4v) is 3.65. The van der Waals surface area contributed by atoms with Crippen molar-refractivity contribution in [3.05, 3.63) is 34.9 Å².